The summed E-state index contributed by atoms with van der Waals surface area (Å²) in [6.07, 6.45) is 4.46. The Bertz CT molecular complexity index is 544. The lowest BCUT2D eigenvalue weighted by Crippen LogP contribution is -2.39. The Hall–Kier alpha value is -1.92. The van der Waals surface area contributed by atoms with Crippen molar-refractivity contribution in [2.75, 3.05) is 17.7 Å². The summed E-state index contributed by atoms with van der Waals surface area (Å²) in [5, 5.41) is 17.5. The number of hydrogen-bond acceptors (Lipinski definition) is 6. The van der Waals surface area contributed by atoms with Crippen molar-refractivity contribution in [1.29, 1.82) is 0 Å². The molecule has 0 radical (unpaired) electrons. The quantitative estimate of drug-likeness (QED) is 0.654. The van der Waals surface area contributed by atoms with Crippen molar-refractivity contribution in [3.05, 3.63) is 15.8 Å². The van der Waals surface area contributed by atoms with E-state index in [1.807, 2.05) is 0 Å². The summed E-state index contributed by atoms with van der Waals surface area (Å²) < 4.78 is 0. The van der Waals surface area contributed by atoms with Gasteiger partial charge in [-0.1, -0.05) is 26.7 Å². The largest absolute Gasteiger partial charge is 0.361 e. The Kier molecular flexibility index (Phi) is 4.29. The molecule has 1 aromatic rings. The normalized spacial score (nSPS) is 20.9. The minimum Gasteiger partial charge on any atom is -0.361 e. The van der Waals surface area contributed by atoms with Gasteiger partial charge in [-0.25, -0.2) is 4.98 Å². The molecule has 1 aliphatic carbocycles. The number of nitrogens with zero attached hydrogens (tertiary/aromatic N) is 3. The fourth-order valence-electron chi connectivity index (χ4n) is 2.92. The Labute approximate surface area is 124 Å². The van der Waals surface area contributed by atoms with Crippen LogP contribution >= 0.6 is 0 Å². The number of rotatable bonds is 4. The van der Waals surface area contributed by atoms with E-state index >= 15 is 0 Å². The van der Waals surface area contributed by atoms with Gasteiger partial charge in [-0.05, 0) is 25.2 Å². The van der Waals surface area contributed by atoms with Crippen LogP contribution in [0.4, 0.5) is 17.5 Å². The molecule has 21 heavy (non-hydrogen) atoms. The van der Waals surface area contributed by atoms with Crippen LogP contribution in [-0.4, -0.2) is 28.0 Å². The lowest BCUT2D eigenvalue weighted by atomic mass is 9.73. The molecule has 1 aromatic heterocycles. The fourth-order valence-corrected chi connectivity index (χ4v) is 2.92. The van der Waals surface area contributed by atoms with E-state index in [2.05, 4.69) is 34.4 Å². The molecule has 0 bridgehead atoms. The molecule has 0 aromatic carbocycles. The highest BCUT2D eigenvalue weighted by Crippen LogP contribution is 2.38. The molecule has 1 atom stereocenters. The lowest BCUT2D eigenvalue weighted by molar-refractivity contribution is -0.385. The summed E-state index contributed by atoms with van der Waals surface area (Å²) in [7, 11) is 1.70. The lowest BCUT2D eigenvalue weighted by Gasteiger charge is -2.39. The first-order valence-corrected chi connectivity index (χ1v) is 7.32. The van der Waals surface area contributed by atoms with E-state index < -0.39 is 4.92 Å². The van der Waals surface area contributed by atoms with Crippen LogP contribution in [0, 0.1) is 22.5 Å². The molecule has 116 valence electrons. The molecule has 1 unspecified atom stereocenters. The van der Waals surface area contributed by atoms with Crippen LogP contribution in [0.5, 0.6) is 0 Å². The van der Waals surface area contributed by atoms with Gasteiger partial charge in [0.05, 0.1) is 4.92 Å². The first-order valence-electron chi connectivity index (χ1n) is 7.32. The van der Waals surface area contributed by atoms with Gasteiger partial charge in [0, 0.05) is 13.1 Å². The van der Waals surface area contributed by atoms with Crippen LogP contribution in [0.3, 0.4) is 0 Å². The van der Waals surface area contributed by atoms with E-state index in [4.69, 9.17) is 0 Å². The summed E-state index contributed by atoms with van der Waals surface area (Å²) >= 11 is 0. The molecule has 7 heteroatoms. The van der Waals surface area contributed by atoms with Gasteiger partial charge >= 0.3 is 5.69 Å². The molecule has 2 N–H and O–H groups in total. The molecule has 1 heterocycles. The number of nitro groups is 1. The third-order valence-corrected chi connectivity index (χ3v) is 4.28. The average molecular weight is 293 g/mol. The van der Waals surface area contributed by atoms with Crippen molar-refractivity contribution in [3.8, 4) is 0 Å². The standard InChI is InChI=1S/C14H23N5O2/c1-9-11(19(20)21)12(18-13(15-4)16-9)17-10-7-5-6-8-14(10,2)3/h10H,5-8H2,1-4H3,(H2,15,16,17,18). The zero-order chi connectivity index (χ0) is 15.6. The van der Waals surface area contributed by atoms with Crippen LogP contribution in [-0.2, 0) is 0 Å². The van der Waals surface area contributed by atoms with Crippen molar-refractivity contribution in [1.82, 2.24) is 9.97 Å². The van der Waals surface area contributed by atoms with E-state index in [1.54, 1.807) is 14.0 Å². The molecule has 2 rings (SSSR count). The van der Waals surface area contributed by atoms with Crippen LogP contribution < -0.4 is 10.6 Å². The molecular formula is C14H23N5O2. The minimum absolute atomic E-state index is 0.0321. The summed E-state index contributed by atoms with van der Waals surface area (Å²) in [5.41, 5.74) is 0.441. The van der Waals surface area contributed by atoms with Crippen LogP contribution in [0.1, 0.15) is 45.2 Å². The van der Waals surface area contributed by atoms with Gasteiger partial charge in [0.2, 0.25) is 11.8 Å². The topological polar surface area (TPSA) is 93.0 Å². The molecule has 1 saturated carbocycles. The molecule has 0 saturated heterocycles. The van der Waals surface area contributed by atoms with Gasteiger partial charge in [-0.15, -0.1) is 0 Å². The van der Waals surface area contributed by atoms with Gasteiger partial charge in [0.25, 0.3) is 0 Å². The van der Waals surface area contributed by atoms with Crippen molar-refractivity contribution in [3.63, 3.8) is 0 Å². The number of aromatic nitrogens is 2. The summed E-state index contributed by atoms with van der Waals surface area (Å²) in [6.45, 7) is 6.03. The Morgan fingerprint density at radius 1 is 1.33 bits per heavy atom. The first kappa shape index (κ1) is 15.5. The minimum atomic E-state index is -0.410. The first-order chi connectivity index (χ1) is 9.85. The van der Waals surface area contributed by atoms with Crippen LogP contribution in [0.15, 0.2) is 0 Å². The highest BCUT2D eigenvalue weighted by atomic mass is 16.6. The van der Waals surface area contributed by atoms with Crippen molar-refractivity contribution >= 4 is 17.5 Å². The Morgan fingerprint density at radius 2 is 2.05 bits per heavy atom. The number of nitrogens with one attached hydrogen (secondary N) is 2. The predicted octanol–water partition coefficient (Wildman–Crippen LogP) is 3.12. The van der Waals surface area contributed by atoms with E-state index in [9.17, 15) is 10.1 Å². The van der Waals surface area contributed by atoms with Crippen molar-refractivity contribution in [2.45, 2.75) is 52.5 Å². The third kappa shape index (κ3) is 3.22. The maximum atomic E-state index is 11.3. The Morgan fingerprint density at radius 3 is 2.62 bits per heavy atom. The van der Waals surface area contributed by atoms with Crippen molar-refractivity contribution in [2.24, 2.45) is 5.41 Å². The van der Waals surface area contributed by atoms with E-state index in [1.165, 1.54) is 6.42 Å². The number of hydrogen-bond donors (Lipinski definition) is 2. The molecule has 1 aliphatic rings. The summed E-state index contributed by atoms with van der Waals surface area (Å²) in [5.74, 6) is 0.714. The summed E-state index contributed by atoms with van der Waals surface area (Å²) in [4.78, 5) is 19.3. The fraction of sp³-hybridized carbons (Fsp3) is 0.714. The second kappa shape index (κ2) is 5.83. The number of anilines is 2. The molecule has 7 nitrogen and oxygen atoms in total. The Balaban J connectivity index is 2.37. The van der Waals surface area contributed by atoms with Gasteiger partial charge < -0.3 is 10.6 Å². The average Bonchev–Trinajstić information content (AvgIpc) is 2.40. The van der Waals surface area contributed by atoms with E-state index in [-0.39, 0.29) is 17.1 Å². The van der Waals surface area contributed by atoms with Crippen molar-refractivity contribution < 1.29 is 4.92 Å². The van der Waals surface area contributed by atoms with E-state index in [0.29, 0.717) is 17.5 Å². The number of aryl methyl sites for hydroxylation is 1. The SMILES string of the molecule is CNc1nc(C)c([N+](=O)[O-])c(NC2CCCCC2(C)C)n1. The van der Waals surface area contributed by atoms with Gasteiger partial charge in [0.1, 0.15) is 5.69 Å². The second-order valence-electron chi connectivity index (χ2n) is 6.27. The predicted molar refractivity (Wildman–Crippen MR) is 82.6 cm³/mol. The van der Waals surface area contributed by atoms with E-state index in [0.717, 1.165) is 19.3 Å². The molecular weight excluding hydrogens is 270 g/mol. The zero-order valence-electron chi connectivity index (χ0n) is 13.1. The smallest absolute Gasteiger partial charge is 0.332 e. The zero-order valence-corrected chi connectivity index (χ0v) is 13.1. The third-order valence-electron chi connectivity index (χ3n) is 4.28. The maximum Gasteiger partial charge on any atom is 0.332 e. The monoisotopic (exact) mass is 293 g/mol. The molecule has 1 fully saturated rings. The second-order valence-corrected chi connectivity index (χ2v) is 6.27. The molecule has 0 spiro atoms. The highest BCUT2D eigenvalue weighted by Gasteiger charge is 2.34. The molecule has 0 amide bonds. The maximum absolute atomic E-state index is 11.3. The van der Waals surface area contributed by atoms with Gasteiger partial charge in [-0.2, -0.15) is 4.98 Å². The summed E-state index contributed by atoms with van der Waals surface area (Å²) in [6, 6.07) is 0.184. The molecule has 0 aliphatic heterocycles. The highest BCUT2D eigenvalue weighted by molar-refractivity contribution is 5.61. The van der Waals surface area contributed by atoms with Crippen LogP contribution in [0.2, 0.25) is 0 Å². The van der Waals surface area contributed by atoms with Gasteiger partial charge in [-0.3, -0.25) is 10.1 Å². The van der Waals surface area contributed by atoms with Crippen LogP contribution in [0.25, 0.3) is 0 Å². The van der Waals surface area contributed by atoms with Gasteiger partial charge in [0.15, 0.2) is 0 Å².